The van der Waals surface area contributed by atoms with E-state index in [4.69, 9.17) is 0 Å². The van der Waals surface area contributed by atoms with Crippen molar-refractivity contribution in [2.24, 2.45) is 0 Å². The fourth-order valence-electron chi connectivity index (χ4n) is 1.55. The Morgan fingerprint density at radius 1 is 1.00 bits per heavy atom. The highest BCUT2D eigenvalue weighted by Gasteiger charge is 1.98. The Labute approximate surface area is 108 Å². The van der Waals surface area contributed by atoms with Gasteiger partial charge in [-0.15, -0.1) is 11.3 Å². The zero-order valence-electron chi connectivity index (χ0n) is 9.50. The number of hydrogen-bond donors (Lipinski definition) is 1. The number of aromatic amines is 1. The normalized spacial score (nSPS) is 9.56. The van der Waals surface area contributed by atoms with Crippen LogP contribution in [0.2, 0.25) is 0 Å². The molecule has 18 heavy (non-hydrogen) atoms. The average Bonchev–Trinajstić information content (AvgIpc) is 3.08. The minimum atomic E-state index is 0.723. The van der Waals surface area contributed by atoms with Gasteiger partial charge < -0.3 is 4.98 Å². The molecule has 0 spiro atoms. The van der Waals surface area contributed by atoms with Gasteiger partial charge in [-0.3, -0.25) is 9.59 Å². The maximum atomic E-state index is 10.5. The van der Waals surface area contributed by atoms with Crippen molar-refractivity contribution >= 4 is 34.8 Å². The Morgan fingerprint density at radius 3 is 2.44 bits per heavy atom. The summed E-state index contributed by atoms with van der Waals surface area (Å²) >= 11 is 1.45. The van der Waals surface area contributed by atoms with Crippen LogP contribution in [0.25, 0.3) is 10.9 Å². The van der Waals surface area contributed by atoms with Gasteiger partial charge in [-0.05, 0) is 17.5 Å². The van der Waals surface area contributed by atoms with E-state index in [0.717, 1.165) is 33.9 Å². The molecule has 0 saturated heterocycles. The molecule has 3 rings (SSSR count). The van der Waals surface area contributed by atoms with Crippen molar-refractivity contribution in [3.63, 3.8) is 0 Å². The van der Waals surface area contributed by atoms with Crippen LogP contribution in [0.3, 0.4) is 0 Å². The molecule has 0 aliphatic carbocycles. The number of H-pyrrole nitrogens is 1. The van der Waals surface area contributed by atoms with Gasteiger partial charge in [-0.25, -0.2) is 0 Å². The van der Waals surface area contributed by atoms with Crippen molar-refractivity contribution in [3.05, 3.63) is 58.4 Å². The van der Waals surface area contributed by atoms with E-state index >= 15 is 0 Å². The molecule has 3 aromatic rings. The molecule has 0 radical (unpaired) electrons. The van der Waals surface area contributed by atoms with Crippen LogP contribution in [0.1, 0.15) is 20.0 Å². The molecule has 0 aliphatic rings. The summed E-state index contributed by atoms with van der Waals surface area (Å²) in [5.74, 6) is 0. The summed E-state index contributed by atoms with van der Waals surface area (Å²) in [7, 11) is 0. The minimum absolute atomic E-state index is 0.723. The Kier molecular flexibility index (Phi) is 4.04. The molecule has 0 saturated carbocycles. The van der Waals surface area contributed by atoms with Crippen LogP contribution in [0, 0.1) is 0 Å². The van der Waals surface area contributed by atoms with Crippen molar-refractivity contribution in [2.75, 3.05) is 0 Å². The zero-order valence-corrected chi connectivity index (χ0v) is 10.3. The third kappa shape index (κ3) is 2.73. The highest BCUT2D eigenvalue weighted by Crippen LogP contribution is 2.15. The molecule has 0 aliphatic heterocycles. The first-order valence-electron chi connectivity index (χ1n) is 5.35. The van der Waals surface area contributed by atoms with Gasteiger partial charge in [-0.2, -0.15) is 0 Å². The van der Waals surface area contributed by atoms with E-state index < -0.39 is 0 Å². The van der Waals surface area contributed by atoms with Crippen molar-refractivity contribution in [1.82, 2.24) is 4.98 Å². The van der Waals surface area contributed by atoms with Crippen LogP contribution in [0.15, 0.2) is 48.0 Å². The number of carbonyl (C=O) groups is 2. The fourth-order valence-corrected chi connectivity index (χ4v) is 2.08. The average molecular weight is 257 g/mol. The predicted molar refractivity (Wildman–Crippen MR) is 73.4 cm³/mol. The molecule has 3 nitrogen and oxygen atoms in total. The molecular weight excluding hydrogens is 246 g/mol. The Balaban J connectivity index is 0.000000149. The Hall–Kier alpha value is -2.20. The lowest BCUT2D eigenvalue weighted by molar-refractivity contribution is 0.111. The lowest BCUT2D eigenvalue weighted by Gasteiger charge is -1.86. The van der Waals surface area contributed by atoms with Crippen LogP contribution >= 0.6 is 11.3 Å². The molecule has 1 N–H and O–H groups in total. The van der Waals surface area contributed by atoms with Gasteiger partial charge in [0, 0.05) is 22.7 Å². The van der Waals surface area contributed by atoms with E-state index in [9.17, 15) is 9.59 Å². The number of nitrogens with one attached hydrogen (secondary N) is 1. The number of rotatable bonds is 2. The lowest BCUT2D eigenvalue weighted by atomic mass is 10.2. The van der Waals surface area contributed by atoms with Crippen molar-refractivity contribution in [1.29, 1.82) is 0 Å². The van der Waals surface area contributed by atoms with Crippen molar-refractivity contribution < 1.29 is 9.59 Å². The number of aromatic nitrogens is 1. The molecule has 0 fully saturated rings. The summed E-state index contributed by atoms with van der Waals surface area (Å²) in [6.45, 7) is 0. The van der Waals surface area contributed by atoms with E-state index in [1.54, 1.807) is 12.3 Å². The fraction of sp³-hybridized carbons (Fsp3) is 0. The molecule has 0 bridgehead atoms. The largest absolute Gasteiger partial charge is 0.360 e. The molecule has 0 atom stereocenters. The van der Waals surface area contributed by atoms with E-state index in [0.29, 0.717) is 0 Å². The van der Waals surface area contributed by atoms with Crippen molar-refractivity contribution in [3.8, 4) is 0 Å². The third-order valence-corrected chi connectivity index (χ3v) is 3.21. The first-order valence-corrected chi connectivity index (χ1v) is 6.23. The van der Waals surface area contributed by atoms with Crippen LogP contribution in [0.5, 0.6) is 0 Å². The van der Waals surface area contributed by atoms with Gasteiger partial charge in [0.25, 0.3) is 0 Å². The summed E-state index contributed by atoms with van der Waals surface area (Å²) in [6, 6.07) is 11.4. The number of thiophene rings is 1. The number of benzene rings is 1. The van der Waals surface area contributed by atoms with Gasteiger partial charge in [0.05, 0.1) is 4.88 Å². The van der Waals surface area contributed by atoms with E-state index in [1.165, 1.54) is 11.3 Å². The topological polar surface area (TPSA) is 49.9 Å². The second kappa shape index (κ2) is 5.93. The second-order valence-electron chi connectivity index (χ2n) is 3.54. The SMILES string of the molecule is O=Cc1c[nH]c2ccccc12.O=Cc1cccs1. The molecule has 90 valence electrons. The number of carbonyl (C=O) groups excluding carboxylic acids is 2. The van der Waals surface area contributed by atoms with Gasteiger partial charge in [0.15, 0.2) is 12.6 Å². The number of fused-ring (bicyclic) bond motifs is 1. The molecule has 2 heterocycles. The maximum absolute atomic E-state index is 10.5. The molecule has 2 aromatic heterocycles. The van der Waals surface area contributed by atoms with Crippen LogP contribution in [-0.4, -0.2) is 17.6 Å². The molecule has 1 aromatic carbocycles. The number of aldehydes is 2. The highest BCUT2D eigenvalue weighted by molar-refractivity contribution is 7.11. The monoisotopic (exact) mass is 257 g/mol. The van der Waals surface area contributed by atoms with E-state index in [2.05, 4.69) is 4.98 Å². The summed E-state index contributed by atoms with van der Waals surface area (Å²) < 4.78 is 0. The molecule has 4 heteroatoms. The predicted octanol–water partition coefficient (Wildman–Crippen LogP) is 3.54. The summed E-state index contributed by atoms with van der Waals surface area (Å²) in [6.07, 6.45) is 3.43. The van der Waals surface area contributed by atoms with Gasteiger partial charge in [0.1, 0.15) is 0 Å². The standard InChI is InChI=1S/C9H7NO.C5H4OS/c11-6-7-5-10-9-4-2-1-3-8(7)9;6-4-5-2-1-3-7-5/h1-6,10H;1-4H. The van der Waals surface area contributed by atoms with Crippen molar-refractivity contribution in [2.45, 2.75) is 0 Å². The van der Waals surface area contributed by atoms with Gasteiger partial charge in [-0.1, -0.05) is 24.3 Å². The minimum Gasteiger partial charge on any atom is -0.360 e. The first kappa shape index (κ1) is 12.3. The van der Waals surface area contributed by atoms with Gasteiger partial charge >= 0.3 is 0 Å². The van der Waals surface area contributed by atoms with Crippen LogP contribution in [0.4, 0.5) is 0 Å². The molecular formula is C14H11NO2S. The maximum Gasteiger partial charge on any atom is 0.159 e. The number of para-hydroxylation sites is 1. The second-order valence-corrected chi connectivity index (χ2v) is 4.52. The highest BCUT2D eigenvalue weighted by atomic mass is 32.1. The number of hydrogen-bond acceptors (Lipinski definition) is 3. The summed E-state index contributed by atoms with van der Waals surface area (Å²) in [5.41, 5.74) is 1.73. The smallest absolute Gasteiger partial charge is 0.159 e. The zero-order chi connectivity index (χ0) is 12.8. The molecule has 0 unspecified atom stereocenters. The van der Waals surface area contributed by atoms with Crippen LogP contribution in [-0.2, 0) is 0 Å². The Bertz CT molecular complexity index is 641. The Morgan fingerprint density at radius 2 is 1.83 bits per heavy atom. The van der Waals surface area contributed by atoms with E-state index in [1.807, 2.05) is 35.7 Å². The van der Waals surface area contributed by atoms with Crippen LogP contribution < -0.4 is 0 Å². The summed E-state index contributed by atoms with van der Waals surface area (Å²) in [4.78, 5) is 24.1. The van der Waals surface area contributed by atoms with Gasteiger partial charge in [0.2, 0.25) is 0 Å². The lowest BCUT2D eigenvalue weighted by Crippen LogP contribution is -1.72. The first-order chi connectivity index (χ1) is 8.85. The summed E-state index contributed by atoms with van der Waals surface area (Å²) in [5, 5.41) is 2.87. The third-order valence-electron chi connectivity index (χ3n) is 2.41. The quantitative estimate of drug-likeness (QED) is 0.714. The van der Waals surface area contributed by atoms with E-state index in [-0.39, 0.29) is 0 Å². The molecule has 0 amide bonds.